The summed E-state index contributed by atoms with van der Waals surface area (Å²) < 4.78 is 2.39. The number of aryl methyl sites for hydroxylation is 1. The van der Waals surface area contributed by atoms with Crippen molar-refractivity contribution in [3.05, 3.63) is 30.1 Å². The molecule has 0 atom stereocenters. The third kappa shape index (κ3) is 1.62. The van der Waals surface area contributed by atoms with Gasteiger partial charge in [-0.3, -0.25) is 0 Å². The molecule has 1 aromatic heterocycles. The molecule has 0 saturated heterocycles. The third-order valence-electron chi connectivity index (χ3n) is 3.76. The number of benzene rings is 1. The van der Waals surface area contributed by atoms with Crippen LogP contribution in [0.3, 0.4) is 0 Å². The third-order valence-corrected chi connectivity index (χ3v) is 3.76. The average Bonchev–Trinajstić information content (AvgIpc) is 2.89. The number of hydrogen-bond donors (Lipinski definition) is 0. The highest BCUT2D eigenvalue weighted by Gasteiger charge is 2.17. The molecule has 2 nitrogen and oxygen atoms in total. The Morgan fingerprint density at radius 3 is 2.81 bits per heavy atom. The predicted octanol–water partition coefficient (Wildman–Crippen LogP) is 3.53. The topological polar surface area (TPSA) is 17.8 Å². The molecule has 1 heterocycles. The molecule has 0 radical (unpaired) electrons. The Hall–Kier alpha value is -1.31. The van der Waals surface area contributed by atoms with E-state index < -0.39 is 0 Å². The Morgan fingerprint density at radius 2 is 2.00 bits per heavy atom. The number of nitrogens with zero attached hydrogens (tertiary/aromatic N) is 2. The van der Waals surface area contributed by atoms with Gasteiger partial charge in [0, 0.05) is 6.54 Å². The maximum Gasteiger partial charge on any atom is 0.106 e. The van der Waals surface area contributed by atoms with Crippen molar-refractivity contribution in [3.63, 3.8) is 0 Å². The molecule has 16 heavy (non-hydrogen) atoms. The maximum atomic E-state index is 4.62. The molecule has 84 valence electrons. The zero-order valence-electron chi connectivity index (χ0n) is 9.82. The summed E-state index contributed by atoms with van der Waals surface area (Å²) in [5, 5.41) is 0. The van der Waals surface area contributed by atoms with E-state index in [4.69, 9.17) is 0 Å². The number of aromatic nitrogens is 2. The van der Waals surface area contributed by atoms with Crippen LogP contribution in [0.15, 0.2) is 24.3 Å². The molecule has 0 N–H and O–H groups in total. The van der Waals surface area contributed by atoms with Gasteiger partial charge in [0.25, 0.3) is 0 Å². The van der Waals surface area contributed by atoms with E-state index in [-0.39, 0.29) is 0 Å². The van der Waals surface area contributed by atoms with Crippen molar-refractivity contribution in [2.75, 3.05) is 0 Å². The summed E-state index contributed by atoms with van der Waals surface area (Å²) in [6.07, 6.45) is 5.62. The minimum absolute atomic E-state index is 0.872. The minimum atomic E-state index is 0.872. The van der Waals surface area contributed by atoms with Gasteiger partial charge in [0.2, 0.25) is 0 Å². The summed E-state index contributed by atoms with van der Waals surface area (Å²) in [6.45, 7) is 3.28. The van der Waals surface area contributed by atoms with Crippen molar-refractivity contribution >= 4 is 11.0 Å². The molecule has 0 aliphatic heterocycles. The number of para-hydroxylation sites is 2. The lowest BCUT2D eigenvalue weighted by atomic mass is 10.1. The Bertz CT molecular complexity index is 492. The lowest BCUT2D eigenvalue weighted by Crippen LogP contribution is -2.08. The van der Waals surface area contributed by atoms with E-state index in [1.54, 1.807) is 0 Å². The fraction of sp³-hybridized carbons (Fsp3) is 0.500. The van der Waals surface area contributed by atoms with E-state index in [2.05, 4.69) is 40.7 Å². The number of rotatable bonds is 2. The molecule has 2 aromatic rings. The van der Waals surface area contributed by atoms with Gasteiger partial charge in [0.1, 0.15) is 5.82 Å². The van der Waals surface area contributed by atoms with Crippen LogP contribution in [-0.2, 0) is 6.54 Å². The van der Waals surface area contributed by atoms with E-state index >= 15 is 0 Å². The van der Waals surface area contributed by atoms with Gasteiger partial charge in [-0.1, -0.05) is 25.0 Å². The van der Waals surface area contributed by atoms with E-state index in [0.717, 1.165) is 23.8 Å². The second kappa shape index (κ2) is 3.93. The maximum absolute atomic E-state index is 4.62. The van der Waals surface area contributed by atoms with Crippen LogP contribution < -0.4 is 0 Å². The highest BCUT2D eigenvalue weighted by Crippen LogP contribution is 2.28. The van der Waals surface area contributed by atoms with Gasteiger partial charge in [-0.2, -0.15) is 0 Å². The van der Waals surface area contributed by atoms with Crippen molar-refractivity contribution in [2.24, 2.45) is 5.92 Å². The Kier molecular flexibility index (Phi) is 2.43. The summed E-state index contributed by atoms with van der Waals surface area (Å²) in [5.74, 6) is 2.03. The molecule has 2 heteroatoms. The smallest absolute Gasteiger partial charge is 0.106 e. The van der Waals surface area contributed by atoms with Gasteiger partial charge in [-0.05, 0) is 37.8 Å². The van der Waals surface area contributed by atoms with Crippen molar-refractivity contribution in [2.45, 2.75) is 39.2 Å². The largest absolute Gasteiger partial charge is 0.328 e. The van der Waals surface area contributed by atoms with E-state index in [9.17, 15) is 0 Å². The molecular formula is C14H18N2. The van der Waals surface area contributed by atoms with Crippen LogP contribution in [0.2, 0.25) is 0 Å². The second-order valence-electron chi connectivity index (χ2n) is 4.91. The fourth-order valence-electron chi connectivity index (χ4n) is 2.88. The summed E-state index contributed by atoms with van der Waals surface area (Å²) in [5.41, 5.74) is 2.44. The monoisotopic (exact) mass is 214 g/mol. The van der Waals surface area contributed by atoms with Gasteiger partial charge >= 0.3 is 0 Å². The van der Waals surface area contributed by atoms with Crippen molar-refractivity contribution < 1.29 is 0 Å². The first kappa shape index (κ1) is 9.88. The number of imidazole rings is 1. The van der Waals surface area contributed by atoms with Gasteiger partial charge in [-0.15, -0.1) is 0 Å². The summed E-state index contributed by atoms with van der Waals surface area (Å²) in [6, 6.07) is 8.46. The van der Waals surface area contributed by atoms with Crippen LogP contribution in [0, 0.1) is 12.8 Å². The highest BCUT2D eigenvalue weighted by atomic mass is 15.1. The molecule has 1 aromatic carbocycles. The molecule has 3 rings (SSSR count). The van der Waals surface area contributed by atoms with Crippen LogP contribution in [0.5, 0.6) is 0 Å². The first-order chi connectivity index (χ1) is 7.84. The molecule has 1 fully saturated rings. The second-order valence-corrected chi connectivity index (χ2v) is 4.91. The molecule has 1 aliphatic rings. The number of hydrogen-bond acceptors (Lipinski definition) is 1. The average molecular weight is 214 g/mol. The highest BCUT2D eigenvalue weighted by molar-refractivity contribution is 5.75. The SMILES string of the molecule is Cc1nc2ccccc2n1CC1CCCC1. The van der Waals surface area contributed by atoms with Gasteiger partial charge in [0.15, 0.2) is 0 Å². The van der Waals surface area contributed by atoms with Crippen LogP contribution in [0.25, 0.3) is 11.0 Å². The lowest BCUT2D eigenvalue weighted by molar-refractivity contribution is 0.458. The summed E-state index contributed by atoms with van der Waals surface area (Å²) in [7, 11) is 0. The van der Waals surface area contributed by atoms with Crippen LogP contribution in [-0.4, -0.2) is 9.55 Å². The Morgan fingerprint density at radius 1 is 1.25 bits per heavy atom. The predicted molar refractivity (Wildman–Crippen MR) is 66.4 cm³/mol. The number of fused-ring (bicyclic) bond motifs is 1. The first-order valence-corrected chi connectivity index (χ1v) is 6.26. The molecule has 1 aliphatic carbocycles. The lowest BCUT2D eigenvalue weighted by Gasteiger charge is -2.12. The molecule has 0 bridgehead atoms. The fourth-order valence-corrected chi connectivity index (χ4v) is 2.88. The van der Waals surface area contributed by atoms with Gasteiger partial charge < -0.3 is 4.57 Å². The molecule has 0 amide bonds. The minimum Gasteiger partial charge on any atom is -0.328 e. The van der Waals surface area contributed by atoms with Gasteiger partial charge in [0.05, 0.1) is 11.0 Å². The van der Waals surface area contributed by atoms with Gasteiger partial charge in [-0.25, -0.2) is 4.98 Å². The molecule has 0 spiro atoms. The van der Waals surface area contributed by atoms with E-state index in [0.29, 0.717) is 0 Å². The first-order valence-electron chi connectivity index (χ1n) is 6.26. The van der Waals surface area contributed by atoms with Crippen molar-refractivity contribution in [1.82, 2.24) is 9.55 Å². The standard InChI is InChI=1S/C14H18N2/c1-11-15-13-8-4-5-9-14(13)16(11)10-12-6-2-3-7-12/h4-5,8-9,12H,2-3,6-7,10H2,1H3. The van der Waals surface area contributed by atoms with Crippen LogP contribution >= 0.6 is 0 Å². The molecule has 1 saturated carbocycles. The molecular weight excluding hydrogens is 196 g/mol. The van der Waals surface area contributed by atoms with Crippen LogP contribution in [0.4, 0.5) is 0 Å². The zero-order valence-corrected chi connectivity index (χ0v) is 9.82. The zero-order chi connectivity index (χ0) is 11.0. The van der Waals surface area contributed by atoms with E-state index in [1.807, 2.05) is 0 Å². The quantitative estimate of drug-likeness (QED) is 0.747. The molecule has 0 unspecified atom stereocenters. The summed E-state index contributed by atoms with van der Waals surface area (Å²) in [4.78, 5) is 4.62. The Labute approximate surface area is 96.3 Å². The van der Waals surface area contributed by atoms with Crippen molar-refractivity contribution in [3.8, 4) is 0 Å². The normalized spacial score (nSPS) is 17.3. The van der Waals surface area contributed by atoms with Crippen molar-refractivity contribution in [1.29, 1.82) is 0 Å². The summed E-state index contributed by atoms with van der Waals surface area (Å²) >= 11 is 0. The van der Waals surface area contributed by atoms with Crippen LogP contribution in [0.1, 0.15) is 31.5 Å². The van der Waals surface area contributed by atoms with E-state index in [1.165, 1.54) is 31.2 Å². The Balaban J connectivity index is 1.98.